The van der Waals surface area contributed by atoms with Gasteiger partial charge in [-0.3, -0.25) is 9.78 Å². The van der Waals surface area contributed by atoms with Gasteiger partial charge in [0, 0.05) is 35.8 Å². The summed E-state index contributed by atoms with van der Waals surface area (Å²) < 4.78 is 26.4. The Kier molecular flexibility index (Phi) is 7.31. The number of nitrogens with zero attached hydrogens (tertiary/aromatic N) is 2. The van der Waals surface area contributed by atoms with Crippen LogP contribution in [0.2, 0.25) is 4.34 Å². The minimum absolute atomic E-state index is 0.104. The molecule has 0 radical (unpaired) electrons. The highest BCUT2D eigenvalue weighted by atomic mass is 35.5. The molecular weight excluding hydrogens is 450 g/mol. The fourth-order valence-corrected chi connectivity index (χ4v) is 6.02. The molecule has 0 bridgehead atoms. The van der Waals surface area contributed by atoms with Crippen LogP contribution in [0.5, 0.6) is 0 Å². The monoisotopic (exact) mass is 467 g/mol. The van der Waals surface area contributed by atoms with Gasteiger partial charge in [-0.15, -0.1) is 23.1 Å². The number of hydrogen-bond donors (Lipinski definition) is 1. The van der Waals surface area contributed by atoms with Crippen molar-refractivity contribution in [2.75, 3.05) is 18.9 Å². The SMILES string of the molecule is CN(CC(=O)Nc1ccc(SCc2cccnc2)cc1)S(=O)(=O)c1ccc(Cl)s1. The molecule has 0 atom stereocenters. The molecule has 2 heterocycles. The first-order valence-corrected chi connectivity index (χ1v) is 12.1. The lowest BCUT2D eigenvalue weighted by Gasteiger charge is -2.15. The van der Waals surface area contributed by atoms with Crippen LogP contribution in [0.25, 0.3) is 0 Å². The molecule has 0 saturated carbocycles. The Morgan fingerprint density at radius 1 is 1.21 bits per heavy atom. The highest BCUT2D eigenvalue weighted by Crippen LogP contribution is 2.27. The van der Waals surface area contributed by atoms with Crippen LogP contribution in [0.3, 0.4) is 0 Å². The number of benzene rings is 1. The number of nitrogens with one attached hydrogen (secondary N) is 1. The number of hydrogen-bond acceptors (Lipinski definition) is 6. The maximum absolute atomic E-state index is 12.5. The van der Waals surface area contributed by atoms with Crippen molar-refractivity contribution >= 4 is 56.3 Å². The third-order valence-electron chi connectivity index (χ3n) is 3.85. The maximum atomic E-state index is 12.5. The van der Waals surface area contributed by atoms with Crippen LogP contribution in [0.15, 0.2) is 70.0 Å². The first-order chi connectivity index (χ1) is 13.8. The van der Waals surface area contributed by atoms with Crippen molar-refractivity contribution in [2.24, 2.45) is 0 Å². The third-order valence-corrected chi connectivity index (χ3v) is 8.43. The average Bonchev–Trinajstić information content (AvgIpc) is 3.15. The first-order valence-electron chi connectivity index (χ1n) is 8.48. The van der Waals surface area contributed by atoms with Crippen molar-refractivity contribution < 1.29 is 13.2 Å². The van der Waals surface area contributed by atoms with Crippen molar-refractivity contribution in [2.45, 2.75) is 14.9 Å². The van der Waals surface area contributed by atoms with Gasteiger partial charge in [0.15, 0.2) is 0 Å². The van der Waals surface area contributed by atoms with Gasteiger partial charge in [-0.1, -0.05) is 17.7 Å². The summed E-state index contributed by atoms with van der Waals surface area (Å²) in [5.74, 6) is 0.379. The molecule has 1 N–H and O–H groups in total. The maximum Gasteiger partial charge on any atom is 0.252 e. The number of carbonyl (C=O) groups is 1. The van der Waals surface area contributed by atoms with Gasteiger partial charge in [-0.2, -0.15) is 4.31 Å². The molecule has 2 aromatic heterocycles. The Labute approximate surface area is 183 Å². The molecule has 29 heavy (non-hydrogen) atoms. The second-order valence-electron chi connectivity index (χ2n) is 6.04. The van der Waals surface area contributed by atoms with Gasteiger partial charge < -0.3 is 5.32 Å². The molecular formula is C19H18ClN3O3S3. The molecule has 3 aromatic rings. The van der Waals surface area contributed by atoms with Gasteiger partial charge in [-0.25, -0.2) is 8.42 Å². The zero-order valence-electron chi connectivity index (χ0n) is 15.4. The predicted octanol–water partition coefficient (Wildman–Crippen LogP) is 4.35. The van der Waals surface area contributed by atoms with Crippen LogP contribution in [0.4, 0.5) is 5.69 Å². The molecule has 0 aliphatic rings. The van der Waals surface area contributed by atoms with E-state index in [2.05, 4.69) is 10.3 Å². The van der Waals surface area contributed by atoms with Crippen LogP contribution >= 0.6 is 34.7 Å². The number of aromatic nitrogens is 1. The number of carbonyl (C=O) groups excluding carboxylic acids is 1. The molecule has 6 nitrogen and oxygen atoms in total. The lowest BCUT2D eigenvalue weighted by molar-refractivity contribution is -0.116. The number of rotatable bonds is 8. The number of amides is 1. The minimum atomic E-state index is -3.75. The van der Waals surface area contributed by atoms with Crippen LogP contribution in [0.1, 0.15) is 5.56 Å². The third kappa shape index (κ3) is 6.03. The molecule has 0 aliphatic heterocycles. The van der Waals surface area contributed by atoms with Gasteiger partial charge in [-0.05, 0) is 48.0 Å². The first kappa shape index (κ1) is 21.8. The van der Waals surface area contributed by atoms with Gasteiger partial charge in [0.2, 0.25) is 5.91 Å². The fourth-order valence-electron chi connectivity index (χ4n) is 2.36. The number of sulfonamides is 1. The quantitative estimate of drug-likeness (QED) is 0.498. The van der Waals surface area contributed by atoms with Gasteiger partial charge in [0.05, 0.1) is 10.9 Å². The molecule has 0 saturated heterocycles. The van der Waals surface area contributed by atoms with Crippen LogP contribution in [-0.2, 0) is 20.6 Å². The molecule has 0 unspecified atom stereocenters. The van der Waals surface area contributed by atoms with Gasteiger partial charge in [0.1, 0.15) is 4.21 Å². The van der Waals surface area contributed by atoms with E-state index in [0.29, 0.717) is 10.0 Å². The van der Waals surface area contributed by atoms with Gasteiger partial charge in [0.25, 0.3) is 10.0 Å². The van der Waals surface area contributed by atoms with Crippen LogP contribution in [-0.4, -0.2) is 37.2 Å². The van der Waals surface area contributed by atoms with E-state index in [0.717, 1.165) is 31.9 Å². The smallest absolute Gasteiger partial charge is 0.252 e. The number of anilines is 1. The summed E-state index contributed by atoms with van der Waals surface area (Å²) in [6.45, 7) is -0.296. The molecule has 1 aromatic carbocycles. The lowest BCUT2D eigenvalue weighted by atomic mass is 10.3. The number of halogens is 1. The molecule has 152 valence electrons. The Morgan fingerprint density at radius 2 is 1.97 bits per heavy atom. The number of likely N-dealkylation sites (N-methyl/N-ethyl adjacent to an activating group) is 1. The van der Waals surface area contributed by atoms with Crippen molar-refractivity contribution in [3.63, 3.8) is 0 Å². The van der Waals surface area contributed by atoms with E-state index in [1.54, 1.807) is 30.1 Å². The van der Waals surface area contributed by atoms with Crippen molar-refractivity contribution in [3.05, 3.63) is 70.8 Å². The standard InChI is InChI=1S/C19H18ClN3O3S3/c1-23(29(25,26)19-9-8-17(20)28-19)12-18(24)22-15-4-6-16(7-5-15)27-13-14-3-2-10-21-11-14/h2-11H,12-13H2,1H3,(H,22,24). The van der Waals surface area contributed by atoms with Crippen molar-refractivity contribution in [1.82, 2.24) is 9.29 Å². The van der Waals surface area contributed by atoms with E-state index in [-0.39, 0.29) is 10.8 Å². The van der Waals surface area contributed by atoms with Crippen LogP contribution in [0, 0.1) is 0 Å². The number of thioether (sulfide) groups is 1. The summed E-state index contributed by atoms with van der Waals surface area (Å²) >= 11 is 8.43. The van der Waals surface area contributed by atoms with E-state index in [1.807, 2.05) is 30.5 Å². The Morgan fingerprint density at radius 3 is 2.59 bits per heavy atom. The topological polar surface area (TPSA) is 79.4 Å². The summed E-state index contributed by atoms with van der Waals surface area (Å²) in [5.41, 5.74) is 1.73. The summed E-state index contributed by atoms with van der Waals surface area (Å²) in [6.07, 6.45) is 3.57. The van der Waals surface area contributed by atoms with E-state index in [9.17, 15) is 13.2 Å². The lowest BCUT2D eigenvalue weighted by Crippen LogP contribution is -2.34. The van der Waals surface area contributed by atoms with Crippen molar-refractivity contribution in [1.29, 1.82) is 0 Å². The summed E-state index contributed by atoms with van der Waals surface area (Å²) in [5, 5.41) is 2.72. The van der Waals surface area contributed by atoms with Crippen LogP contribution < -0.4 is 5.32 Å². The van der Waals surface area contributed by atoms with E-state index in [1.165, 1.54) is 19.2 Å². The molecule has 1 amide bonds. The zero-order valence-corrected chi connectivity index (χ0v) is 18.6. The molecule has 0 spiro atoms. The summed E-state index contributed by atoms with van der Waals surface area (Å²) in [6, 6.07) is 14.3. The highest BCUT2D eigenvalue weighted by Gasteiger charge is 2.24. The minimum Gasteiger partial charge on any atom is -0.325 e. The number of pyridine rings is 1. The summed E-state index contributed by atoms with van der Waals surface area (Å²) in [7, 11) is -2.39. The Balaban J connectivity index is 1.53. The normalized spacial score (nSPS) is 11.6. The van der Waals surface area contributed by atoms with E-state index < -0.39 is 15.9 Å². The second-order valence-corrected chi connectivity index (χ2v) is 11.1. The Bertz CT molecular complexity index is 1070. The highest BCUT2D eigenvalue weighted by molar-refractivity contribution is 7.98. The van der Waals surface area contributed by atoms with E-state index in [4.69, 9.17) is 11.6 Å². The molecule has 0 fully saturated rings. The average molecular weight is 468 g/mol. The Hall–Kier alpha value is -1.91. The second kappa shape index (κ2) is 9.73. The van der Waals surface area contributed by atoms with E-state index >= 15 is 0 Å². The molecule has 10 heteroatoms. The zero-order chi connectivity index (χ0) is 20.9. The number of thiophene rings is 1. The predicted molar refractivity (Wildman–Crippen MR) is 118 cm³/mol. The van der Waals surface area contributed by atoms with Crippen molar-refractivity contribution in [3.8, 4) is 0 Å². The molecule has 3 rings (SSSR count). The summed E-state index contributed by atoms with van der Waals surface area (Å²) in [4.78, 5) is 17.4. The molecule has 0 aliphatic carbocycles. The largest absolute Gasteiger partial charge is 0.325 e. The van der Waals surface area contributed by atoms with Gasteiger partial charge >= 0.3 is 0 Å². The fraction of sp³-hybridized carbons (Fsp3) is 0.158.